The third kappa shape index (κ3) is 4.56. The number of nitrogens with one attached hydrogen (secondary N) is 2. The predicted molar refractivity (Wildman–Crippen MR) is 72.3 cm³/mol. The molecule has 0 unspecified atom stereocenters. The smallest absolute Gasteiger partial charge is 0.238 e. The highest BCUT2D eigenvalue weighted by molar-refractivity contribution is 5.93. The molecule has 4 heteroatoms. The fourth-order valence-corrected chi connectivity index (χ4v) is 1.37. The summed E-state index contributed by atoms with van der Waals surface area (Å²) in [5.74, 6) is -0.108. The topological polar surface area (TPSA) is 64.9 Å². The molecule has 1 aromatic carbocycles. The summed E-state index contributed by atoms with van der Waals surface area (Å²) in [5, 5.41) is 14.7. The lowest BCUT2D eigenvalue weighted by Crippen LogP contribution is -2.41. The number of carbonyl (C=O) groups is 1. The van der Waals surface area contributed by atoms with Crippen LogP contribution in [0.1, 0.15) is 31.9 Å². The van der Waals surface area contributed by atoms with Crippen molar-refractivity contribution in [2.24, 2.45) is 0 Å². The van der Waals surface area contributed by atoms with Crippen LogP contribution in [0.4, 0.5) is 5.69 Å². The van der Waals surface area contributed by atoms with E-state index in [9.17, 15) is 4.79 Å². The molecule has 2 N–H and O–H groups in total. The molecule has 0 spiro atoms. The third-order valence-corrected chi connectivity index (χ3v) is 2.42. The van der Waals surface area contributed by atoms with Crippen LogP contribution in [0.5, 0.6) is 0 Å². The van der Waals surface area contributed by atoms with E-state index < -0.39 is 0 Å². The standard InChI is InChI=1S/C14H19N3O/c1-10-5-6-11(8-15)7-12(10)17-13(18)9-16-14(2,3)4/h5-7,16H,9H2,1-4H3,(H,17,18). The molecule has 0 saturated heterocycles. The molecular formula is C14H19N3O. The van der Waals surface area contributed by atoms with Crippen LogP contribution >= 0.6 is 0 Å². The van der Waals surface area contributed by atoms with Crippen molar-refractivity contribution >= 4 is 11.6 Å². The van der Waals surface area contributed by atoms with Crippen LogP contribution in [-0.2, 0) is 4.79 Å². The lowest BCUT2D eigenvalue weighted by molar-refractivity contribution is -0.115. The number of rotatable bonds is 3. The first-order chi connectivity index (χ1) is 8.31. The van der Waals surface area contributed by atoms with Gasteiger partial charge in [-0.15, -0.1) is 0 Å². The molecule has 0 heterocycles. The van der Waals surface area contributed by atoms with E-state index in [1.165, 1.54) is 0 Å². The van der Waals surface area contributed by atoms with Gasteiger partial charge >= 0.3 is 0 Å². The predicted octanol–water partition coefficient (Wildman–Crippen LogP) is 2.19. The minimum absolute atomic E-state index is 0.0963. The molecule has 4 nitrogen and oxygen atoms in total. The molecule has 1 aromatic rings. The summed E-state index contributed by atoms with van der Waals surface area (Å²) in [6.07, 6.45) is 0. The van der Waals surface area contributed by atoms with Gasteiger partial charge in [-0.25, -0.2) is 0 Å². The highest BCUT2D eigenvalue weighted by Gasteiger charge is 2.12. The minimum atomic E-state index is -0.108. The van der Waals surface area contributed by atoms with Crippen LogP contribution in [-0.4, -0.2) is 18.0 Å². The fourth-order valence-electron chi connectivity index (χ4n) is 1.37. The molecule has 0 fully saturated rings. The lowest BCUT2D eigenvalue weighted by Gasteiger charge is -2.20. The van der Waals surface area contributed by atoms with Crippen LogP contribution in [0.3, 0.4) is 0 Å². The number of nitriles is 1. The summed E-state index contributed by atoms with van der Waals surface area (Å²) in [6.45, 7) is 8.15. The minimum Gasteiger partial charge on any atom is -0.325 e. The van der Waals surface area contributed by atoms with Crippen LogP contribution in [0.15, 0.2) is 18.2 Å². The number of benzene rings is 1. The van der Waals surface area contributed by atoms with E-state index in [0.717, 1.165) is 5.56 Å². The van der Waals surface area contributed by atoms with Crippen molar-refractivity contribution < 1.29 is 4.79 Å². The Morgan fingerprint density at radius 3 is 2.61 bits per heavy atom. The molecule has 0 aromatic heterocycles. The Morgan fingerprint density at radius 2 is 2.06 bits per heavy atom. The Labute approximate surface area is 108 Å². The molecule has 1 amide bonds. The molecule has 0 aliphatic heterocycles. The van der Waals surface area contributed by atoms with Crippen LogP contribution in [0.25, 0.3) is 0 Å². The van der Waals surface area contributed by atoms with E-state index in [1.54, 1.807) is 12.1 Å². The van der Waals surface area contributed by atoms with Gasteiger partial charge in [-0.1, -0.05) is 6.07 Å². The first-order valence-electron chi connectivity index (χ1n) is 5.87. The quantitative estimate of drug-likeness (QED) is 0.858. The summed E-state index contributed by atoms with van der Waals surface area (Å²) in [7, 11) is 0. The highest BCUT2D eigenvalue weighted by Crippen LogP contribution is 2.16. The van der Waals surface area contributed by atoms with Crippen molar-refractivity contribution in [3.05, 3.63) is 29.3 Å². The average molecular weight is 245 g/mol. The maximum Gasteiger partial charge on any atom is 0.238 e. The second kappa shape index (κ2) is 5.65. The van der Waals surface area contributed by atoms with E-state index in [2.05, 4.69) is 16.7 Å². The van der Waals surface area contributed by atoms with E-state index in [1.807, 2.05) is 33.8 Å². The second-order valence-corrected chi connectivity index (χ2v) is 5.29. The lowest BCUT2D eigenvalue weighted by atomic mass is 10.1. The van der Waals surface area contributed by atoms with Gasteiger partial charge in [-0.2, -0.15) is 5.26 Å². The summed E-state index contributed by atoms with van der Waals surface area (Å²) < 4.78 is 0. The molecule has 0 saturated carbocycles. The summed E-state index contributed by atoms with van der Waals surface area (Å²) in [4.78, 5) is 11.8. The molecule has 0 radical (unpaired) electrons. The van der Waals surface area contributed by atoms with Gasteiger partial charge in [0.05, 0.1) is 18.2 Å². The molecule has 0 aliphatic rings. The van der Waals surface area contributed by atoms with Crippen molar-refractivity contribution in [1.29, 1.82) is 5.26 Å². The Balaban J connectivity index is 2.68. The number of nitrogens with zero attached hydrogens (tertiary/aromatic N) is 1. The zero-order valence-electron chi connectivity index (χ0n) is 11.3. The molecule has 96 valence electrons. The fraction of sp³-hybridized carbons (Fsp3) is 0.429. The number of amides is 1. The number of aryl methyl sites for hydroxylation is 1. The van der Waals surface area contributed by atoms with Gasteiger partial charge in [0.2, 0.25) is 5.91 Å². The summed E-state index contributed by atoms with van der Waals surface area (Å²) in [5.41, 5.74) is 2.08. The Kier molecular flexibility index (Phi) is 4.46. The molecule has 0 bridgehead atoms. The SMILES string of the molecule is Cc1ccc(C#N)cc1NC(=O)CNC(C)(C)C. The Morgan fingerprint density at radius 1 is 1.39 bits per heavy atom. The second-order valence-electron chi connectivity index (χ2n) is 5.29. The van der Waals surface area contributed by atoms with Gasteiger partial charge in [-0.3, -0.25) is 4.79 Å². The zero-order valence-corrected chi connectivity index (χ0v) is 11.3. The number of hydrogen-bond donors (Lipinski definition) is 2. The van der Waals surface area contributed by atoms with Crippen LogP contribution < -0.4 is 10.6 Å². The Hall–Kier alpha value is -1.86. The van der Waals surface area contributed by atoms with Crippen LogP contribution in [0.2, 0.25) is 0 Å². The van der Waals surface area contributed by atoms with Gasteiger partial charge in [0.15, 0.2) is 0 Å². The van der Waals surface area contributed by atoms with Crippen LogP contribution in [0, 0.1) is 18.3 Å². The van der Waals surface area contributed by atoms with Crippen molar-refractivity contribution in [3.63, 3.8) is 0 Å². The maximum atomic E-state index is 11.8. The van der Waals surface area contributed by atoms with Gasteiger partial charge in [0, 0.05) is 11.2 Å². The largest absolute Gasteiger partial charge is 0.325 e. The zero-order chi connectivity index (χ0) is 13.8. The number of anilines is 1. The molecule has 0 aliphatic carbocycles. The van der Waals surface area contributed by atoms with Crippen molar-refractivity contribution in [3.8, 4) is 6.07 Å². The van der Waals surface area contributed by atoms with Gasteiger partial charge in [0.25, 0.3) is 0 Å². The van der Waals surface area contributed by atoms with Gasteiger partial charge in [-0.05, 0) is 45.4 Å². The maximum absolute atomic E-state index is 11.8. The van der Waals surface area contributed by atoms with E-state index in [4.69, 9.17) is 5.26 Å². The molecule has 18 heavy (non-hydrogen) atoms. The van der Waals surface area contributed by atoms with Crippen molar-refractivity contribution in [2.75, 3.05) is 11.9 Å². The molecule has 1 rings (SSSR count). The first kappa shape index (κ1) is 14.2. The van der Waals surface area contributed by atoms with Crippen molar-refractivity contribution in [2.45, 2.75) is 33.2 Å². The number of carbonyl (C=O) groups excluding carboxylic acids is 1. The number of hydrogen-bond acceptors (Lipinski definition) is 3. The van der Waals surface area contributed by atoms with E-state index in [-0.39, 0.29) is 18.0 Å². The monoisotopic (exact) mass is 245 g/mol. The third-order valence-electron chi connectivity index (χ3n) is 2.42. The van der Waals surface area contributed by atoms with Crippen molar-refractivity contribution in [1.82, 2.24) is 5.32 Å². The van der Waals surface area contributed by atoms with E-state index >= 15 is 0 Å². The summed E-state index contributed by atoms with van der Waals surface area (Å²) in [6, 6.07) is 7.30. The Bertz CT molecular complexity index is 481. The molecular weight excluding hydrogens is 226 g/mol. The normalized spacial score (nSPS) is 10.8. The molecule has 0 atom stereocenters. The first-order valence-corrected chi connectivity index (χ1v) is 5.87. The summed E-state index contributed by atoms with van der Waals surface area (Å²) >= 11 is 0. The average Bonchev–Trinajstić information content (AvgIpc) is 2.28. The highest BCUT2D eigenvalue weighted by atomic mass is 16.1. The van der Waals surface area contributed by atoms with Gasteiger partial charge in [0.1, 0.15) is 0 Å². The van der Waals surface area contributed by atoms with Gasteiger partial charge < -0.3 is 10.6 Å². The van der Waals surface area contributed by atoms with E-state index in [0.29, 0.717) is 11.3 Å².